The highest BCUT2D eigenvalue weighted by atomic mass is 16.3. The average Bonchev–Trinajstić information content (AvgIpc) is 2.70. The van der Waals surface area contributed by atoms with Gasteiger partial charge in [0.15, 0.2) is 0 Å². The first-order valence-electron chi connectivity index (χ1n) is 9.07. The van der Waals surface area contributed by atoms with Crippen LogP contribution in [0.5, 0.6) is 5.75 Å². The predicted molar refractivity (Wildman–Crippen MR) is 108 cm³/mol. The van der Waals surface area contributed by atoms with Crippen LogP contribution in [0.15, 0.2) is 78.9 Å². The van der Waals surface area contributed by atoms with Crippen LogP contribution in [0.25, 0.3) is 11.1 Å². The maximum absolute atomic E-state index is 12.2. The van der Waals surface area contributed by atoms with E-state index in [9.17, 15) is 9.90 Å². The van der Waals surface area contributed by atoms with Crippen molar-refractivity contribution in [2.24, 2.45) is 5.73 Å². The van der Waals surface area contributed by atoms with Gasteiger partial charge in [-0.05, 0) is 47.2 Å². The molecule has 4 nitrogen and oxygen atoms in total. The first kappa shape index (κ1) is 18.7. The molecule has 0 aliphatic rings. The van der Waals surface area contributed by atoms with Crippen LogP contribution in [0.4, 0.5) is 0 Å². The van der Waals surface area contributed by atoms with Crippen molar-refractivity contribution in [1.29, 1.82) is 0 Å². The number of nitrogens with one attached hydrogen (secondary N) is 1. The Bertz CT molecular complexity index is 859. The summed E-state index contributed by atoms with van der Waals surface area (Å²) in [7, 11) is 0. The minimum Gasteiger partial charge on any atom is -0.508 e. The molecule has 0 spiro atoms. The van der Waals surface area contributed by atoms with Crippen LogP contribution in [-0.2, 0) is 17.6 Å². The lowest BCUT2D eigenvalue weighted by molar-refractivity contribution is -0.122. The highest BCUT2D eigenvalue weighted by Gasteiger charge is 2.13. The topological polar surface area (TPSA) is 75.4 Å². The smallest absolute Gasteiger partial charge is 0.237 e. The molecule has 1 atom stereocenters. The van der Waals surface area contributed by atoms with Crippen LogP contribution in [-0.4, -0.2) is 23.6 Å². The molecule has 138 valence electrons. The van der Waals surface area contributed by atoms with Gasteiger partial charge in [0.1, 0.15) is 5.75 Å². The molecule has 0 aliphatic carbocycles. The third-order valence-electron chi connectivity index (χ3n) is 4.50. The van der Waals surface area contributed by atoms with Gasteiger partial charge in [-0.2, -0.15) is 0 Å². The summed E-state index contributed by atoms with van der Waals surface area (Å²) in [5.74, 6) is 0.0870. The SMILES string of the molecule is N[C@@H](Cc1ccc(-c2ccccc2)cc1)C(=O)NCCc1ccc(O)cc1. The van der Waals surface area contributed by atoms with Crippen molar-refractivity contribution in [2.45, 2.75) is 18.9 Å². The predicted octanol–water partition coefficient (Wildman–Crippen LogP) is 3.29. The van der Waals surface area contributed by atoms with Gasteiger partial charge in [0.2, 0.25) is 5.91 Å². The number of aromatic hydroxyl groups is 1. The fourth-order valence-corrected chi connectivity index (χ4v) is 2.93. The molecule has 0 aliphatic heterocycles. The normalized spacial score (nSPS) is 11.7. The molecule has 0 aromatic heterocycles. The van der Waals surface area contributed by atoms with Crippen molar-refractivity contribution in [3.8, 4) is 16.9 Å². The third kappa shape index (κ3) is 5.43. The molecule has 4 N–H and O–H groups in total. The van der Waals surface area contributed by atoms with Crippen LogP contribution in [0, 0.1) is 0 Å². The summed E-state index contributed by atoms with van der Waals surface area (Å²) < 4.78 is 0. The summed E-state index contributed by atoms with van der Waals surface area (Å²) in [5.41, 5.74) is 10.5. The zero-order valence-corrected chi connectivity index (χ0v) is 15.1. The lowest BCUT2D eigenvalue weighted by Crippen LogP contribution is -2.42. The fourth-order valence-electron chi connectivity index (χ4n) is 2.93. The van der Waals surface area contributed by atoms with Crippen LogP contribution < -0.4 is 11.1 Å². The van der Waals surface area contributed by atoms with Gasteiger partial charge >= 0.3 is 0 Å². The quantitative estimate of drug-likeness (QED) is 0.605. The van der Waals surface area contributed by atoms with Crippen LogP contribution in [0.2, 0.25) is 0 Å². The van der Waals surface area contributed by atoms with E-state index in [4.69, 9.17) is 5.73 Å². The van der Waals surface area contributed by atoms with E-state index >= 15 is 0 Å². The van der Waals surface area contributed by atoms with Gasteiger partial charge in [-0.25, -0.2) is 0 Å². The fraction of sp³-hybridized carbons (Fsp3) is 0.174. The van der Waals surface area contributed by atoms with Crippen molar-refractivity contribution in [2.75, 3.05) is 6.54 Å². The second-order valence-electron chi connectivity index (χ2n) is 6.58. The number of hydrogen-bond donors (Lipinski definition) is 3. The molecule has 0 bridgehead atoms. The first-order valence-corrected chi connectivity index (χ1v) is 9.07. The van der Waals surface area contributed by atoms with Gasteiger partial charge in [0.25, 0.3) is 0 Å². The van der Waals surface area contributed by atoms with Crippen LogP contribution in [0.3, 0.4) is 0 Å². The molecule has 4 heteroatoms. The molecule has 3 aromatic carbocycles. The Morgan fingerprint density at radius 2 is 1.44 bits per heavy atom. The maximum Gasteiger partial charge on any atom is 0.237 e. The van der Waals surface area contributed by atoms with Crippen molar-refractivity contribution in [3.63, 3.8) is 0 Å². The number of carbonyl (C=O) groups is 1. The molecule has 27 heavy (non-hydrogen) atoms. The zero-order valence-electron chi connectivity index (χ0n) is 15.1. The molecule has 0 saturated carbocycles. The third-order valence-corrected chi connectivity index (χ3v) is 4.50. The Labute approximate surface area is 159 Å². The number of nitrogens with two attached hydrogens (primary N) is 1. The lowest BCUT2D eigenvalue weighted by atomic mass is 10.0. The average molecular weight is 360 g/mol. The van der Waals surface area contributed by atoms with Gasteiger partial charge < -0.3 is 16.2 Å². The molecule has 0 fully saturated rings. The Balaban J connectivity index is 1.48. The molecule has 0 unspecified atom stereocenters. The molecule has 1 amide bonds. The van der Waals surface area contributed by atoms with E-state index in [0.717, 1.165) is 16.7 Å². The van der Waals surface area contributed by atoms with Crippen molar-refractivity contribution in [3.05, 3.63) is 90.0 Å². The largest absolute Gasteiger partial charge is 0.508 e. The van der Waals surface area contributed by atoms with Gasteiger partial charge in [0.05, 0.1) is 6.04 Å². The van der Waals surface area contributed by atoms with Crippen molar-refractivity contribution < 1.29 is 9.90 Å². The van der Waals surface area contributed by atoms with E-state index in [0.29, 0.717) is 19.4 Å². The summed E-state index contributed by atoms with van der Waals surface area (Å²) in [6.45, 7) is 0.518. The van der Waals surface area contributed by atoms with E-state index in [1.807, 2.05) is 42.5 Å². The second kappa shape index (κ2) is 9.01. The second-order valence-corrected chi connectivity index (χ2v) is 6.58. The van der Waals surface area contributed by atoms with Crippen molar-refractivity contribution >= 4 is 5.91 Å². The summed E-state index contributed by atoms with van der Waals surface area (Å²) in [6.07, 6.45) is 1.20. The number of benzene rings is 3. The Morgan fingerprint density at radius 1 is 0.852 bits per heavy atom. The van der Waals surface area contributed by atoms with Gasteiger partial charge in [-0.15, -0.1) is 0 Å². The Hall–Kier alpha value is -3.11. The highest BCUT2D eigenvalue weighted by molar-refractivity contribution is 5.81. The summed E-state index contributed by atoms with van der Waals surface area (Å²) in [4.78, 5) is 12.2. The van der Waals surface area contributed by atoms with Crippen LogP contribution in [0.1, 0.15) is 11.1 Å². The molecule has 0 radical (unpaired) electrons. The number of phenols is 1. The summed E-state index contributed by atoms with van der Waals surface area (Å²) in [6, 6.07) is 24.7. The Kier molecular flexibility index (Phi) is 6.23. The van der Waals surface area contributed by atoms with E-state index in [-0.39, 0.29) is 11.7 Å². The number of carbonyl (C=O) groups excluding carboxylic acids is 1. The Morgan fingerprint density at radius 3 is 2.11 bits per heavy atom. The maximum atomic E-state index is 12.2. The highest BCUT2D eigenvalue weighted by Crippen LogP contribution is 2.19. The van der Waals surface area contributed by atoms with Gasteiger partial charge in [-0.1, -0.05) is 66.7 Å². The standard InChI is InChI=1S/C23H24N2O2/c24-22(23(27)25-15-14-17-8-12-21(26)13-9-17)16-18-6-10-20(11-7-18)19-4-2-1-3-5-19/h1-13,22,26H,14-16,24H2,(H,25,27)/t22-/m0/s1. The first-order chi connectivity index (χ1) is 13.1. The van der Waals surface area contributed by atoms with E-state index in [1.165, 1.54) is 5.56 Å². The van der Waals surface area contributed by atoms with E-state index in [1.54, 1.807) is 12.1 Å². The molecule has 3 aromatic rings. The molecule has 0 heterocycles. The molecule has 3 rings (SSSR count). The minimum atomic E-state index is -0.576. The summed E-state index contributed by atoms with van der Waals surface area (Å²) >= 11 is 0. The summed E-state index contributed by atoms with van der Waals surface area (Å²) in [5, 5.41) is 12.2. The number of hydrogen-bond acceptors (Lipinski definition) is 3. The van der Waals surface area contributed by atoms with E-state index < -0.39 is 6.04 Å². The zero-order chi connectivity index (χ0) is 19.1. The molecular formula is C23H24N2O2. The lowest BCUT2D eigenvalue weighted by Gasteiger charge is -2.13. The number of phenolic OH excluding ortho intramolecular Hbond substituents is 1. The van der Waals surface area contributed by atoms with Gasteiger partial charge in [0, 0.05) is 6.54 Å². The number of amides is 1. The molecular weight excluding hydrogens is 336 g/mol. The monoisotopic (exact) mass is 360 g/mol. The minimum absolute atomic E-state index is 0.152. The van der Waals surface area contributed by atoms with Crippen molar-refractivity contribution in [1.82, 2.24) is 5.32 Å². The van der Waals surface area contributed by atoms with E-state index in [2.05, 4.69) is 29.6 Å². The van der Waals surface area contributed by atoms with Crippen LogP contribution >= 0.6 is 0 Å². The molecule has 0 saturated heterocycles. The van der Waals surface area contributed by atoms with Gasteiger partial charge in [-0.3, -0.25) is 4.79 Å². The number of rotatable bonds is 7.